The topological polar surface area (TPSA) is 59.8 Å². The first kappa shape index (κ1) is 11.5. The first-order chi connectivity index (χ1) is 7.65. The van der Waals surface area contributed by atoms with Crippen molar-refractivity contribution in [3.8, 4) is 0 Å². The number of nitrogens with one attached hydrogen (secondary N) is 1. The molecule has 0 aliphatic rings. The molecule has 0 bridgehead atoms. The van der Waals surface area contributed by atoms with E-state index >= 15 is 0 Å². The van der Waals surface area contributed by atoms with Gasteiger partial charge in [-0.1, -0.05) is 0 Å². The number of nitrogens with zero attached hydrogens (tertiary/aromatic N) is 3. The predicted octanol–water partition coefficient (Wildman–Crippen LogP) is 1.41. The highest BCUT2D eigenvalue weighted by atomic mass is 127. The highest BCUT2D eigenvalue weighted by Crippen LogP contribution is 2.16. The SMILES string of the molecule is Cn1cnc(CNC(=O)c2csc(I)c2)n1. The fourth-order valence-corrected chi connectivity index (χ4v) is 2.48. The third kappa shape index (κ3) is 2.79. The number of thiophene rings is 1. The molecule has 7 heteroatoms. The Morgan fingerprint density at radius 2 is 2.50 bits per heavy atom. The highest BCUT2D eigenvalue weighted by Gasteiger charge is 2.08. The van der Waals surface area contributed by atoms with Gasteiger partial charge in [0.05, 0.1) is 15.0 Å². The number of halogens is 1. The van der Waals surface area contributed by atoms with Crippen molar-refractivity contribution < 1.29 is 4.79 Å². The molecule has 16 heavy (non-hydrogen) atoms. The van der Waals surface area contributed by atoms with Gasteiger partial charge in [0.1, 0.15) is 6.33 Å². The molecule has 0 unspecified atom stereocenters. The van der Waals surface area contributed by atoms with Gasteiger partial charge in [0.15, 0.2) is 5.82 Å². The Labute approximate surface area is 110 Å². The smallest absolute Gasteiger partial charge is 0.252 e. The third-order valence-electron chi connectivity index (χ3n) is 1.88. The van der Waals surface area contributed by atoms with Crippen LogP contribution < -0.4 is 5.32 Å². The maximum Gasteiger partial charge on any atom is 0.252 e. The van der Waals surface area contributed by atoms with E-state index in [-0.39, 0.29) is 5.91 Å². The summed E-state index contributed by atoms with van der Waals surface area (Å²) >= 11 is 3.74. The van der Waals surface area contributed by atoms with Crippen LogP contribution in [0.5, 0.6) is 0 Å². The lowest BCUT2D eigenvalue weighted by atomic mass is 10.3. The molecule has 2 heterocycles. The van der Waals surface area contributed by atoms with Crippen LogP contribution in [0.25, 0.3) is 0 Å². The van der Waals surface area contributed by atoms with Crippen molar-refractivity contribution in [1.82, 2.24) is 20.1 Å². The predicted molar refractivity (Wildman–Crippen MR) is 69.2 cm³/mol. The summed E-state index contributed by atoms with van der Waals surface area (Å²) in [4.78, 5) is 15.7. The molecular weight excluding hydrogens is 339 g/mol. The largest absolute Gasteiger partial charge is 0.345 e. The summed E-state index contributed by atoms with van der Waals surface area (Å²) in [6, 6.07) is 1.85. The van der Waals surface area contributed by atoms with E-state index in [1.54, 1.807) is 29.4 Å². The number of hydrogen-bond donors (Lipinski definition) is 1. The van der Waals surface area contributed by atoms with Crippen LogP contribution in [0.1, 0.15) is 16.2 Å². The van der Waals surface area contributed by atoms with E-state index in [1.165, 1.54) is 0 Å². The van der Waals surface area contributed by atoms with Crippen molar-refractivity contribution in [2.24, 2.45) is 7.05 Å². The minimum atomic E-state index is -0.0911. The van der Waals surface area contributed by atoms with Gasteiger partial charge >= 0.3 is 0 Å². The van der Waals surface area contributed by atoms with Gasteiger partial charge in [-0.2, -0.15) is 5.10 Å². The second kappa shape index (κ2) is 4.91. The molecule has 1 N–H and O–H groups in total. The van der Waals surface area contributed by atoms with Gasteiger partial charge in [-0.15, -0.1) is 11.3 Å². The summed E-state index contributed by atoms with van der Waals surface area (Å²) in [7, 11) is 1.79. The summed E-state index contributed by atoms with van der Waals surface area (Å²) in [6.45, 7) is 0.353. The van der Waals surface area contributed by atoms with Crippen LogP contribution in [0.2, 0.25) is 0 Å². The maximum absolute atomic E-state index is 11.7. The zero-order valence-corrected chi connectivity index (χ0v) is 11.4. The summed E-state index contributed by atoms with van der Waals surface area (Å²) in [5, 5.41) is 8.68. The van der Waals surface area contributed by atoms with Gasteiger partial charge in [-0.3, -0.25) is 9.48 Å². The van der Waals surface area contributed by atoms with E-state index in [1.807, 2.05) is 11.4 Å². The van der Waals surface area contributed by atoms with Crippen molar-refractivity contribution in [3.63, 3.8) is 0 Å². The molecule has 0 aliphatic carbocycles. The molecule has 0 atom stereocenters. The number of amides is 1. The summed E-state index contributed by atoms with van der Waals surface area (Å²) in [5.41, 5.74) is 0.685. The molecule has 5 nitrogen and oxygen atoms in total. The molecule has 0 radical (unpaired) electrons. The molecule has 0 aliphatic heterocycles. The Morgan fingerprint density at radius 1 is 1.69 bits per heavy atom. The number of hydrogen-bond acceptors (Lipinski definition) is 4. The van der Waals surface area contributed by atoms with Gasteiger partial charge in [0.2, 0.25) is 0 Å². The van der Waals surface area contributed by atoms with Gasteiger partial charge in [-0.05, 0) is 28.7 Å². The first-order valence-corrected chi connectivity index (χ1v) is 6.48. The normalized spacial score (nSPS) is 10.4. The van der Waals surface area contributed by atoms with E-state index < -0.39 is 0 Å². The number of aromatic nitrogens is 3. The average Bonchev–Trinajstić information content (AvgIpc) is 2.84. The Kier molecular flexibility index (Phi) is 3.54. The average molecular weight is 348 g/mol. The maximum atomic E-state index is 11.7. The second-order valence-corrected chi connectivity index (χ2v) is 5.96. The molecule has 0 aromatic carbocycles. The summed E-state index contributed by atoms with van der Waals surface area (Å²) in [5.74, 6) is 0.521. The van der Waals surface area contributed by atoms with Gasteiger partial charge in [0.25, 0.3) is 5.91 Å². The van der Waals surface area contributed by atoms with Crippen LogP contribution in [0.4, 0.5) is 0 Å². The van der Waals surface area contributed by atoms with Gasteiger partial charge in [-0.25, -0.2) is 4.98 Å². The van der Waals surface area contributed by atoms with E-state index in [2.05, 4.69) is 38.0 Å². The standard InChI is InChI=1S/C9H9IN4OS/c1-14-5-12-8(13-14)3-11-9(15)6-2-7(10)16-4-6/h2,4-5H,3H2,1H3,(H,11,15). The van der Waals surface area contributed by atoms with Crippen LogP contribution in [0.3, 0.4) is 0 Å². The molecule has 0 fully saturated rings. The highest BCUT2D eigenvalue weighted by molar-refractivity contribution is 14.1. The molecule has 84 valence electrons. The molecule has 2 aromatic heterocycles. The molecule has 2 aromatic rings. The number of aryl methyl sites for hydroxylation is 1. The van der Waals surface area contributed by atoms with Gasteiger partial charge in [0, 0.05) is 12.4 Å². The van der Waals surface area contributed by atoms with Crippen LogP contribution >= 0.6 is 33.9 Å². The van der Waals surface area contributed by atoms with Crippen molar-refractivity contribution in [2.45, 2.75) is 6.54 Å². The van der Waals surface area contributed by atoms with Crippen LogP contribution in [0.15, 0.2) is 17.8 Å². The lowest BCUT2D eigenvalue weighted by Crippen LogP contribution is -2.23. The first-order valence-electron chi connectivity index (χ1n) is 4.52. The Bertz CT molecular complexity index is 507. The summed E-state index contributed by atoms with van der Waals surface area (Å²) in [6.07, 6.45) is 1.61. The molecule has 0 saturated heterocycles. The van der Waals surface area contributed by atoms with E-state index in [4.69, 9.17) is 0 Å². The number of carbonyl (C=O) groups is 1. The zero-order valence-electron chi connectivity index (χ0n) is 8.48. The zero-order chi connectivity index (χ0) is 11.5. The molecule has 1 amide bonds. The Hall–Kier alpha value is -0.960. The quantitative estimate of drug-likeness (QED) is 0.854. The van der Waals surface area contributed by atoms with Crippen molar-refractivity contribution in [2.75, 3.05) is 0 Å². The number of rotatable bonds is 3. The molecule has 0 saturated carbocycles. The fraction of sp³-hybridized carbons (Fsp3) is 0.222. The van der Waals surface area contributed by atoms with Crippen molar-refractivity contribution >= 4 is 39.8 Å². The van der Waals surface area contributed by atoms with E-state index in [9.17, 15) is 4.79 Å². The molecule has 0 spiro atoms. The fourth-order valence-electron chi connectivity index (χ4n) is 1.16. The lowest BCUT2D eigenvalue weighted by molar-refractivity contribution is 0.0950. The van der Waals surface area contributed by atoms with E-state index in [0.29, 0.717) is 17.9 Å². The van der Waals surface area contributed by atoms with Gasteiger partial charge < -0.3 is 5.32 Å². The van der Waals surface area contributed by atoms with Crippen LogP contribution in [-0.2, 0) is 13.6 Å². The molecule has 2 rings (SSSR count). The number of carbonyl (C=O) groups excluding carboxylic acids is 1. The summed E-state index contributed by atoms with van der Waals surface area (Å²) < 4.78 is 2.70. The Morgan fingerprint density at radius 3 is 3.06 bits per heavy atom. The van der Waals surface area contributed by atoms with E-state index in [0.717, 1.165) is 2.88 Å². The molecular formula is C9H9IN4OS. The van der Waals surface area contributed by atoms with Crippen LogP contribution in [0, 0.1) is 2.88 Å². The Balaban J connectivity index is 1.93. The minimum Gasteiger partial charge on any atom is -0.345 e. The van der Waals surface area contributed by atoms with Crippen molar-refractivity contribution in [3.05, 3.63) is 32.0 Å². The monoisotopic (exact) mass is 348 g/mol. The van der Waals surface area contributed by atoms with Crippen LogP contribution in [-0.4, -0.2) is 20.7 Å². The lowest BCUT2D eigenvalue weighted by Gasteiger charge is -1.99. The third-order valence-corrected chi connectivity index (χ3v) is 3.67. The minimum absolute atomic E-state index is 0.0911. The second-order valence-electron chi connectivity index (χ2n) is 3.16. The van der Waals surface area contributed by atoms with Crippen molar-refractivity contribution in [1.29, 1.82) is 0 Å².